The average Bonchev–Trinajstić information content (AvgIpc) is 3.00. The van der Waals surface area contributed by atoms with E-state index in [9.17, 15) is 0 Å². The van der Waals surface area contributed by atoms with Gasteiger partial charge in [0.15, 0.2) is 0 Å². The summed E-state index contributed by atoms with van der Waals surface area (Å²) in [6.45, 7) is 7.93. The first-order chi connectivity index (χ1) is 10.2. The van der Waals surface area contributed by atoms with E-state index in [2.05, 4.69) is 35.7 Å². The zero-order valence-corrected chi connectivity index (χ0v) is 12.4. The Hall–Kier alpha value is -2.29. The molecule has 1 atom stereocenters. The van der Waals surface area contributed by atoms with Crippen LogP contribution in [0.4, 0.5) is 11.9 Å². The molecule has 0 aliphatic carbocycles. The van der Waals surface area contributed by atoms with Gasteiger partial charge in [0.05, 0.1) is 6.10 Å². The first-order valence-corrected chi connectivity index (χ1v) is 6.93. The van der Waals surface area contributed by atoms with Gasteiger partial charge in [-0.05, 0) is 20.8 Å². The maximum atomic E-state index is 5.47. The highest BCUT2D eigenvalue weighted by Gasteiger charge is 2.09. The second-order valence-corrected chi connectivity index (χ2v) is 4.30. The van der Waals surface area contributed by atoms with Gasteiger partial charge in [0.2, 0.25) is 11.9 Å². The lowest BCUT2D eigenvalue weighted by atomic mass is 10.4. The van der Waals surface area contributed by atoms with Gasteiger partial charge in [0, 0.05) is 19.7 Å². The molecule has 0 aromatic carbocycles. The van der Waals surface area contributed by atoms with Gasteiger partial charge in [-0.2, -0.15) is 24.7 Å². The summed E-state index contributed by atoms with van der Waals surface area (Å²) in [5.41, 5.74) is 0. The Morgan fingerprint density at radius 1 is 1.19 bits per heavy atom. The van der Waals surface area contributed by atoms with Crippen LogP contribution in [0.3, 0.4) is 0 Å². The van der Waals surface area contributed by atoms with Gasteiger partial charge in [-0.25, -0.2) is 4.98 Å². The molecule has 0 aliphatic rings. The van der Waals surface area contributed by atoms with Gasteiger partial charge >= 0.3 is 0 Å². The lowest BCUT2D eigenvalue weighted by molar-refractivity contribution is 0.0854. The molecule has 0 saturated heterocycles. The van der Waals surface area contributed by atoms with Gasteiger partial charge in [-0.15, -0.1) is 0 Å². The number of hydrogen-bond donors (Lipinski definition) is 2. The molecular formula is C12H20N8O. The summed E-state index contributed by atoms with van der Waals surface area (Å²) in [5.74, 6) is 1.37. The average molecular weight is 292 g/mol. The Balaban J connectivity index is 2.16. The van der Waals surface area contributed by atoms with E-state index in [1.807, 2.05) is 20.8 Å². The number of anilines is 2. The fourth-order valence-electron chi connectivity index (χ4n) is 1.67. The van der Waals surface area contributed by atoms with Crippen LogP contribution in [0.25, 0.3) is 5.95 Å². The molecule has 2 rings (SSSR count). The maximum absolute atomic E-state index is 5.47. The van der Waals surface area contributed by atoms with Crippen LogP contribution in [0.5, 0.6) is 0 Å². The fraction of sp³-hybridized carbons (Fsp3) is 0.583. The van der Waals surface area contributed by atoms with Crippen molar-refractivity contribution in [3.05, 3.63) is 12.7 Å². The van der Waals surface area contributed by atoms with Crippen LogP contribution in [-0.4, -0.2) is 55.5 Å². The molecule has 0 fully saturated rings. The van der Waals surface area contributed by atoms with Crippen LogP contribution in [-0.2, 0) is 4.74 Å². The molecule has 0 aliphatic heterocycles. The van der Waals surface area contributed by atoms with Crippen molar-refractivity contribution in [3.63, 3.8) is 0 Å². The summed E-state index contributed by atoms with van der Waals surface area (Å²) in [6, 6.07) is 0. The van der Waals surface area contributed by atoms with Crippen molar-refractivity contribution in [3.8, 4) is 5.95 Å². The number of nitrogens with one attached hydrogen (secondary N) is 2. The Morgan fingerprint density at radius 2 is 1.95 bits per heavy atom. The lowest BCUT2D eigenvalue weighted by Crippen LogP contribution is -2.22. The second-order valence-electron chi connectivity index (χ2n) is 4.30. The zero-order chi connectivity index (χ0) is 15.1. The fourth-order valence-corrected chi connectivity index (χ4v) is 1.67. The summed E-state index contributed by atoms with van der Waals surface area (Å²) in [4.78, 5) is 16.8. The molecule has 2 heterocycles. The number of ether oxygens (including phenoxy) is 1. The van der Waals surface area contributed by atoms with Gasteiger partial charge in [-0.3, -0.25) is 0 Å². The van der Waals surface area contributed by atoms with Crippen molar-refractivity contribution >= 4 is 11.9 Å². The van der Waals surface area contributed by atoms with Gasteiger partial charge < -0.3 is 15.4 Å². The summed E-state index contributed by atoms with van der Waals surface area (Å²) in [7, 11) is 0. The summed E-state index contributed by atoms with van der Waals surface area (Å²) in [6.07, 6.45) is 3.04. The van der Waals surface area contributed by atoms with E-state index in [-0.39, 0.29) is 6.10 Å². The first-order valence-electron chi connectivity index (χ1n) is 6.93. The Kier molecular flexibility index (Phi) is 5.38. The van der Waals surface area contributed by atoms with E-state index >= 15 is 0 Å². The van der Waals surface area contributed by atoms with E-state index in [1.165, 1.54) is 17.3 Å². The van der Waals surface area contributed by atoms with Crippen molar-refractivity contribution in [1.82, 2.24) is 29.7 Å². The smallest absolute Gasteiger partial charge is 0.258 e. The highest BCUT2D eigenvalue weighted by molar-refractivity contribution is 5.37. The van der Waals surface area contributed by atoms with E-state index < -0.39 is 0 Å². The van der Waals surface area contributed by atoms with E-state index in [0.29, 0.717) is 31.0 Å². The molecule has 0 amide bonds. The van der Waals surface area contributed by atoms with Crippen LogP contribution in [0, 0.1) is 0 Å². The molecule has 2 N–H and O–H groups in total. The molecule has 114 valence electrons. The van der Waals surface area contributed by atoms with Crippen molar-refractivity contribution in [2.45, 2.75) is 26.9 Å². The predicted molar refractivity (Wildman–Crippen MR) is 78.5 cm³/mol. The summed E-state index contributed by atoms with van der Waals surface area (Å²) < 4.78 is 6.95. The molecule has 0 radical (unpaired) electrons. The molecular weight excluding hydrogens is 272 g/mol. The number of nitrogens with zero attached hydrogens (tertiary/aromatic N) is 6. The van der Waals surface area contributed by atoms with E-state index in [1.54, 1.807) is 0 Å². The highest BCUT2D eigenvalue weighted by atomic mass is 16.5. The first kappa shape index (κ1) is 15.1. The van der Waals surface area contributed by atoms with Crippen molar-refractivity contribution < 1.29 is 4.74 Å². The molecule has 0 saturated carbocycles. The molecule has 2 aromatic rings. The van der Waals surface area contributed by atoms with E-state index in [4.69, 9.17) is 4.74 Å². The van der Waals surface area contributed by atoms with Crippen molar-refractivity contribution in [1.29, 1.82) is 0 Å². The van der Waals surface area contributed by atoms with Crippen LogP contribution in [0.2, 0.25) is 0 Å². The quantitative estimate of drug-likeness (QED) is 0.733. The molecule has 9 heteroatoms. The van der Waals surface area contributed by atoms with Gasteiger partial charge in [0.1, 0.15) is 12.7 Å². The molecule has 1 unspecified atom stereocenters. The third kappa shape index (κ3) is 4.35. The van der Waals surface area contributed by atoms with Crippen molar-refractivity contribution in [2.24, 2.45) is 0 Å². The largest absolute Gasteiger partial charge is 0.377 e. The molecule has 0 bridgehead atoms. The Morgan fingerprint density at radius 3 is 2.57 bits per heavy atom. The van der Waals surface area contributed by atoms with Crippen LogP contribution < -0.4 is 10.6 Å². The van der Waals surface area contributed by atoms with Crippen LogP contribution in [0.1, 0.15) is 20.8 Å². The highest BCUT2D eigenvalue weighted by Crippen LogP contribution is 2.08. The summed E-state index contributed by atoms with van der Waals surface area (Å²) in [5, 5.41) is 10.2. The minimum atomic E-state index is 0.0733. The van der Waals surface area contributed by atoms with Crippen molar-refractivity contribution in [2.75, 3.05) is 30.3 Å². The molecule has 9 nitrogen and oxygen atoms in total. The Bertz CT molecular complexity index is 544. The summed E-state index contributed by atoms with van der Waals surface area (Å²) >= 11 is 0. The van der Waals surface area contributed by atoms with E-state index in [0.717, 1.165) is 6.54 Å². The molecule has 21 heavy (non-hydrogen) atoms. The maximum Gasteiger partial charge on any atom is 0.258 e. The second kappa shape index (κ2) is 7.48. The monoisotopic (exact) mass is 292 g/mol. The molecule has 2 aromatic heterocycles. The Labute approximate surface area is 123 Å². The predicted octanol–water partition coefficient (Wildman–Crippen LogP) is 0.721. The topological polar surface area (TPSA) is 103 Å². The third-order valence-corrected chi connectivity index (χ3v) is 2.58. The zero-order valence-electron chi connectivity index (χ0n) is 12.4. The number of aromatic nitrogens is 6. The minimum absolute atomic E-state index is 0.0733. The normalized spacial score (nSPS) is 12.1. The van der Waals surface area contributed by atoms with Gasteiger partial charge in [0.25, 0.3) is 5.95 Å². The minimum Gasteiger partial charge on any atom is -0.377 e. The SMILES string of the molecule is CCNc1nc(NCC(C)OCC)nc(-n2cncn2)n1. The number of hydrogen-bond acceptors (Lipinski definition) is 8. The van der Waals surface area contributed by atoms with Crippen LogP contribution in [0.15, 0.2) is 12.7 Å². The molecule has 0 spiro atoms. The number of rotatable bonds is 8. The third-order valence-electron chi connectivity index (χ3n) is 2.58. The van der Waals surface area contributed by atoms with Gasteiger partial charge in [-0.1, -0.05) is 0 Å². The van der Waals surface area contributed by atoms with Crippen LogP contribution >= 0.6 is 0 Å². The standard InChI is InChI=1S/C12H20N8O/c1-4-14-10-17-11(15-6-9(3)21-5-2)19-12(18-10)20-8-13-7-16-20/h7-9H,4-6H2,1-3H3,(H2,14,15,17,18,19). The lowest BCUT2D eigenvalue weighted by Gasteiger charge is -2.13.